The van der Waals surface area contributed by atoms with E-state index in [9.17, 15) is 28.8 Å². The van der Waals surface area contributed by atoms with E-state index in [0.29, 0.717) is 13.1 Å². The third kappa shape index (κ3) is 4.29. The van der Waals surface area contributed by atoms with Crippen LogP contribution in [0.4, 0.5) is 0 Å². The molecule has 0 aliphatic carbocycles. The quantitative estimate of drug-likeness (QED) is 0.375. The maximum atomic E-state index is 11.6. The highest BCUT2D eigenvalue weighted by atomic mass is 79.9. The van der Waals surface area contributed by atoms with Crippen LogP contribution in [0, 0.1) is 5.92 Å². The maximum Gasteiger partial charge on any atom is 0.241 e. The van der Waals surface area contributed by atoms with Crippen molar-refractivity contribution in [3.8, 4) is 23.0 Å². The van der Waals surface area contributed by atoms with Crippen LogP contribution in [0.2, 0.25) is 0 Å². The number of primary sulfonamides is 1. The van der Waals surface area contributed by atoms with Crippen LogP contribution >= 0.6 is 17.0 Å². The normalized spacial score (nSPS) is 19.6. The standard InChI is InChI=1S/C17H20N2O6S.BrH/c18-26(24,25)16-4-3-13(20)11(17(16)23)5-10-7-19-8-12(10)9-1-2-14(21)15(22)6-9;/h1-4,6,10,12,19-23H,5,7-8H2,(H2,18,24,25);1H/t10-,12+;/m1./s1. The van der Waals surface area contributed by atoms with Crippen LogP contribution in [0.5, 0.6) is 23.0 Å². The second-order valence-electron chi connectivity index (χ2n) is 6.43. The zero-order valence-corrected chi connectivity index (χ0v) is 16.7. The van der Waals surface area contributed by atoms with Crippen molar-refractivity contribution in [2.75, 3.05) is 13.1 Å². The van der Waals surface area contributed by atoms with Gasteiger partial charge < -0.3 is 25.7 Å². The number of rotatable bonds is 4. The second-order valence-corrected chi connectivity index (χ2v) is 7.96. The summed E-state index contributed by atoms with van der Waals surface area (Å²) >= 11 is 0. The molecule has 0 bridgehead atoms. The number of hydrogen-bond acceptors (Lipinski definition) is 7. The van der Waals surface area contributed by atoms with Gasteiger partial charge in [-0.15, -0.1) is 17.0 Å². The van der Waals surface area contributed by atoms with Gasteiger partial charge >= 0.3 is 0 Å². The van der Waals surface area contributed by atoms with E-state index in [1.807, 2.05) is 0 Å². The molecule has 1 aliphatic rings. The zero-order valence-electron chi connectivity index (χ0n) is 14.2. The van der Waals surface area contributed by atoms with E-state index in [4.69, 9.17) is 5.14 Å². The molecule has 1 aliphatic heterocycles. The molecule has 0 saturated carbocycles. The number of phenolic OH excluding ortho intramolecular Hbond substituents is 4. The van der Waals surface area contributed by atoms with Crippen molar-refractivity contribution in [2.24, 2.45) is 11.1 Å². The topological polar surface area (TPSA) is 153 Å². The predicted molar refractivity (Wildman–Crippen MR) is 104 cm³/mol. The lowest BCUT2D eigenvalue weighted by Crippen LogP contribution is -2.16. The van der Waals surface area contributed by atoms with Crippen LogP contribution in [0.1, 0.15) is 17.0 Å². The largest absolute Gasteiger partial charge is 0.508 e. The minimum Gasteiger partial charge on any atom is -0.508 e. The van der Waals surface area contributed by atoms with Crippen LogP contribution in [-0.4, -0.2) is 41.9 Å². The highest BCUT2D eigenvalue weighted by Gasteiger charge is 2.31. The van der Waals surface area contributed by atoms with Crippen LogP contribution in [-0.2, 0) is 16.4 Å². The van der Waals surface area contributed by atoms with Crippen LogP contribution in [0.25, 0.3) is 0 Å². The molecule has 1 saturated heterocycles. The molecule has 0 amide bonds. The Labute approximate surface area is 167 Å². The van der Waals surface area contributed by atoms with E-state index >= 15 is 0 Å². The first-order chi connectivity index (χ1) is 12.2. The second kappa shape index (κ2) is 7.93. The van der Waals surface area contributed by atoms with Gasteiger partial charge in [0.25, 0.3) is 0 Å². The molecule has 7 N–H and O–H groups in total. The average Bonchev–Trinajstić information content (AvgIpc) is 3.01. The maximum absolute atomic E-state index is 11.6. The Kier molecular flexibility index (Phi) is 6.25. The Balaban J connectivity index is 0.00000261. The molecule has 2 atom stereocenters. The fraction of sp³-hybridized carbons (Fsp3) is 0.294. The predicted octanol–water partition coefficient (Wildman–Crippen LogP) is 1.28. The van der Waals surface area contributed by atoms with Gasteiger partial charge in [-0.2, -0.15) is 0 Å². The van der Waals surface area contributed by atoms with E-state index in [1.165, 1.54) is 18.2 Å². The summed E-state index contributed by atoms with van der Waals surface area (Å²) in [6.07, 6.45) is 0.209. The lowest BCUT2D eigenvalue weighted by molar-refractivity contribution is 0.400. The van der Waals surface area contributed by atoms with E-state index in [2.05, 4.69) is 5.32 Å². The Morgan fingerprint density at radius 1 is 1.00 bits per heavy atom. The number of sulfonamides is 1. The van der Waals surface area contributed by atoms with E-state index in [1.54, 1.807) is 6.07 Å². The molecule has 1 fully saturated rings. The summed E-state index contributed by atoms with van der Waals surface area (Å²) in [7, 11) is -4.12. The van der Waals surface area contributed by atoms with Crippen LogP contribution < -0.4 is 10.5 Å². The number of benzene rings is 2. The first-order valence-electron chi connectivity index (χ1n) is 7.97. The summed E-state index contributed by atoms with van der Waals surface area (Å²) < 4.78 is 23.2. The molecule has 0 spiro atoms. The van der Waals surface area contributed by atoms with E-state index in [0.717, 1.165) is 11.6 Å². The molecular weight excluding hydrogens is 440 g/mol. The minimum absolute atomic E-state index is 0. The van der Waals surface area contributed by atoms with Gasteiger partial charge in [0.2, 0.25) is 10.0 Å². The van der Waals surface area contributed by atoms with Gasteiger partial charge in [0.15, 0.2) is 11.5 Å². The molecule has 0 radical (unpaired) electrons. The molecule has 2 aromatic carbocycles. The van der Waals surface area contributed by atoms with Crippen molar-refractivity contribution in [2.45, 2.75) is 17.2 Å². The van der Waals surface area contributed by atoms with E-state index < -0.39 is 20.7 Å². The number of aromatic hydroxyl groups is 4. The summed E-state index contributed by atoms with van der Waals surface area (Å²) in [6, 6.07) is 6.82. The number of nitrogens with one attached hydrogen (secondary N) is 1. The smallest absolute Gasteiger partial charge is 0.241 e. The van der Waals surface area contributed by atoms with Gasteiger partial charge in [-0.25, -0.2) is 13.6 Å². The highest BCUT2D eigenvalue weighted by Crippen LogP contribution is 2.40. The van der Waals surface area contributed by atoms with Crippen molar-refractivity contribution in [3.05, 3.63) is 41.5 Å². The van der Waals surface area contributed by atoms with E-state index in [-0.39, 0.29) is 58.1 Å². The van der Waals surface area contributed by atoms with Gasteiger partial charge in [-0.3, -0.25) is 0 Å². The molecule has 2 aromatic rings. The molecule has 0 aromatic heterocycles. The summed E-state index contributed by atoms with van der Waals surface area (Å²) in [6.45, 7) is 1.18. The summed E-state index contributed by atoms with van der Waals surface area (Å²) in [5.41, 5.74) is 0.898. The first kappa shape index (κ1) is 21.3. The Hall–Kier alpha value is -2.01. The van der Waals surface area contributed by atoms with Gasteiger partial charge in [-0.1, -0.05) is 6.07 Å². The number of halogens is 1. The number of hydrogen-bond donors (Lipinski definition) is 6. The summed E-state index contributed by atoms with van der Waals surface area (Å²) in [5.74, 6) is -1.34. The number of phenols is 4. The van der Waals surface area contributed by atoms with Crippen molar-refractivity contribution >= 4 is 27.0 Å². The molecule has 3 rings (SSSR count). The Bertz CT molecular complexity index is 951. The summed E-state index contributed by atoms with van der Waals surface area (Å²) in [4.78, 5) is -0.435. The van der Waals surface area contributed by atoms with Crippen molar-refractivity contribution in [3.63, 3.8) is 0 Å². The number of nitrogens with two attached hydrogens (primary N) is 1. The SMILES string of the molecule is Br.NS(=O)(=O)c1ccc(O)c(C[C@@H]2CNC[C@H]2c2ccc(O)c(O)c2)c1O. The van der Waals surface area contributed by atoms with Gasteiger partial charge in [-0.05, 0) is 48.7 Å². The van der Waals surface area contributed by atoms with Gasteiger partial charge in [0, 0.05) is 18.0 Å². The molecule has 1 heterocycles. The van der Waals surface area contributed by atoms with Crippen molar-refractivity contribution < 1.29 is 28.8 Å². The Morgan fingerprint density at radius 3 is 2.30 bits per heavy atom. The zero-order chi connectivity index (χ0) is 19.1. The first-order valence-corrected chi connectivity index (χ1v) is 9.52. The molecule has 148 valence electrons. The van der Waals surface area contributed by atoms with Crippen molar-refractivity contribution in [1.82, 2.24) is 5.32 Å². The molecule has 10 heteroatoms. The monoisotopic (exact) mass is 460 g/mol. The minimum atomic E-state index is -4.12. The fourth-order valence-electron chi connectivity index (χ4n) is 3.41. The Morgan fingerprint density at radius 2 is 1.67 bits per heavy atom. The van der Waals surface area contributed by atoms with Crippen LogP contribution in [0.15, 0.2) is 35.2 Å². The third-order valence-corrected chi connectivity index (χ3v) is 5.70. The molecule has 8 nitrogen and oxygen atoms in total. The van der Waals surface area contributed by atoms with Crippen LogP contribution in [0.3, 0.4) is 0 Å². The lowest BCUT2D eigenvalue weighted by atomic mass is 9.84. The highest BCUT2D eigenvalue weighted by molar-refractivity contribution is 8.93. The lowest BCUT2D eigenvalue weighted by Gasteiger charge is -2.21. The van der Waals surface area contributed by atoms with Gasteiger partial charge in [0.05, 0.1) is 0 Å². The molecular formula is C17H21BrN2O6S. The molecule has 27 heavy (non-hydrogen) atoms. The summed E-state index contributed by atoms with van der Waals surface area (Å²) in [5, 5.41) is 47.9. The van der Waals surface area contributed by atoms with Gasteiger partial charge in [0.1, 0.15) is 16.4 Å². The molecule has 0 unspecified atom stereocenters. The van der Waals surface area contributed by atoms with Crippen molar-refractivity contribution in [1.29, 1.82) is 0 Å². The third-order valence-electron chi connectivity index (χ3n) is 4.76. The fourth-order valence-corrected chi connectivity index (χ4v) is 4.06. The average molecular weight is 461 g/mol.